The molecule has 3 aromatic carbocycles. The fraction of sp³-hybridized carbons (Fsp3) is 0.0833. The minimum absolute atomic E-state index is 0.0743. The second-order valence-corrected chi connectivity index (χ2v) is 6.43. The van der Waals surface area contributed by atoms with E-state index in [-0.39, 0.29) is 12.4 Å². The summed E-state index contributed by atoms with van der Waals surface area (Å²) in [5.74, 6) is -0.529. The lowest BCUT2D eigenvalue weighted by molar-refractivity contribution is -0.140. The van der Waals surface area contributed by atoms with Crippen LogP contribution in [0.5, 0.6) is 0 Å². The Bertz CT molecular complexity index is 1070. The number of hydrogen-bond donors (Lipinski definition) is 0. The van der Waals surface area contributed by atoms with Gasteiger partial charge in [-0.05, 0) is 25.1 Å². The van der Waals surface area contributed by atoms with E-state index < -0.39 is 5.97 Å². The first-order valence-electron chi connectivity index (χ1n) is 9.06. The van der Waals surface area contributed by atoms with Crippen molar-refractivity contribution in [3.63, 3.8) is 0 Å². The fourth-order valence-corrected chi connectivity index (χ4v) is 2.57. The average molecular weight is 384 g/mol. The zero-order valence-corrected chi connectivity index (χ0v) is 16.0. The summed E-state index contributed by atoms with van der Waals surface area (Å²) in [6.45, 7) is 5.24. The van der Waals surface area contributed by atoms with Gasteiger partial charge in [0.2, 0.25) is 0 Å². The molecule has 0 aliphatic rings. The molecule has 0 aromatic heterocycles. The molecule has 0 spiro atoms. The lowest BCUT2D eigenvalue weighted by Crippen LogP contribution is -2.04. The third-order valence-electron chi connectivity index (χ3n) is 4.12. The minimum atomic E-state index is -0.455. The van der Waals surface area contributed by atoms with Crippen LogP contribution in [0.15, 0.2) is 101 Å². The second kappa shape index (κ2) is 9.37. The Balaban J connectivity index is 1.78. The second-order valence-electron chi connectivity index (χ2n) is 6.43. The summed E-state index contributed by atoms with van der Waals surface area (Å²) in [6, 6.07) is 23.3. The molecule has 0 aliphatic heterocycles. The molecule has 0 atom stereocenters. The maximum atomic E-state index is 12.6. The maximum absolute atomic E-state index is 12.6. The quantitative estimate of drug-likeness (QED) is 0.219. The molecule has 0 N–H and O–H groups in total. The predicted molar refractivity (Wildman–Crippen MR) is 112 cm³/mol. The molecule has 0 heterocycles. The number of carbonyl (C=O) groups excluding carboxylic acids is 2. The van der Waals surface area contributed by atoms with Crippen LogP contribution in [0.25, 0.3) is 0 Å². The van der Waals surface area contributed by atoms with Crippen molar-refractivity contribution in [3.05, 3.63) is 108 Å². The van der Waals surface area contributed by atoms with Crippen LogP contribution in [0.2, 0.25) is 0 Å². The normalized spacial score (nSPS) is 10.7. The first-order valence-corrected chi connectivity index (χ1v) is 9.06. The highest BCUT2D eigenvalue weighted by molar-refractivity contribution is 6.09. The van der Waals surface area contributed by atoms with Gasteiger partial charge in [0, 0.05) is 22.3 Å². The molecule has 0 saturated carbocycles. The average Bonchev–Trinajstić information content (AvgIpc) is 2.76. The molecule has 0 radical (unpaired) electrons. The largest absolute Gasteiger partial charge is 0.457 e. The van der Waals surface area contributed by atoms with Crippen LogP contribution in [-0.2, 0) is 16.1 Å². The molecule has 0 unspecified atom stereocenters. The monoisotopic (exact) mass is 384 g/mol. The number of benzene rings is 3. The first kappa shape index (κ1) is 19.9. The zero-order chi connectivity index (χ0) is 20.6. The topological polar surface area (TPSA) is 68.1 Å². The number of carbonyl (C=O) groups is 2. The number of hydrogen-bond acceptors (Lipinski definition) is 5. The van der Waals surface area contributed by atoms with Crippen LogP contribution >= 0.6 is 0 Å². The van der Waals surface area contributed by atoms with E-state index in [9.17, 15) is 9.59 Å². The summed E-state index contributed by atoms with van der Waals surface area (Å²) in [5, 5.41) is 8.52. The fourth-order valence-electron chi connectivity index (χ4n) is 2.57. The van der Waals surface area contributed by atoms with Gasteiger partial charge in [-0.25, -0.2) is 4.79 Å². The number of ether oxygens (including phenoxy) is 1. The SMILES string of the molecule is C=C(C)C(=O)OCc1ccccc1N=Nc1cccc(C(=O)c2ccccc2)c1. The molecule has 0 fully saturated rings. The molecule has 29 heavy (non-hydrogen) atoms. The Kier molecular flexibility index (Phi) is 6.43. The molecule has 5 nitrogen and oxygen atoms in total. The van der Waals surface area contributed by atoms with E-state index in [0.29, 0.717) is 28.1 Å². The van der Waals surface area contributed by atoms with Crippen LogP contribution in [0, 0.1) is 0 Å². The third kappa shape index (κ3) is 5.32. The predicted octanol–water partition coefficient (Wildman–Crippen LogP) is 5.95. The van der Waals surface area contributed by atoms with Gasteiger partial charge in [-0.3, -0.25) is 4.79 Å². The number of ketones is 1. The lowest BCUT2D eigenvalue weighted by Gasteiger charge is -2.06. The van der Waals surface area contributed by atoms with Gasteiger partial charge in [0.1, 0.15) is 6.61 Å². The lowest BCUT2D eigenvalue weighted by atomic mass is 10.0. The molecule has 0 aliphatic carbocycles. The number of rotatable bonds is 7. The summed E-state index contributed by atoms with van der Waals surface area (Å²) in [7, 11) is 0. The number of esters is 1. The van der Waals surface area contributed by atoms with Gasteiger partial charge < -0.3 is 4.74 Å². The molecular weight excluding hydrogens is 364 g/mol. The van der Waals surface area contributed by atoms with E-state index in [1.807, 2.05) is 36.4 Å². The first-order chi connectivity index (χ1) is 14.0. The minimum Gasteiger partial charge on any atom is -0.457 e. The van der Waals surface area contributed by atoms with Gasteiger partial charge in [-0.15, -0.1) is 0 Å². The zero-order valence-electron chi connectivity index (χ0n) is 16.0. The Morgan fingerprint density at radius 1 is 0.862 bits per heavy atom. The van der Waals surface area contributed by atoms with Gasteiger partial charge in [0.25, 0.3) is 0 Å². The van der Waals surface area contributed by atoms with E-state index in [1.54, 1.807) is 49.4 Å². The van der Waals surface area contributed by atoms with Crippen molar-refractivity contribution in [1.29, 1.82) is 0 Å². The summed E-state index contributed by atoms with van der Waals surface area (Å²) >= 11 is 0. The van der Waals surface area contributed by atoms with E-state index >= 15 is 0 Å². The summed E-state index contributed by atoms with van der Waals surface area (Å²) in [6.07, 6.45) is 0. The van der Waals surface area contributed by atoms with E-state index in [4.69, 9.17) is 4.74 Å². The molecule has 0 bridgehead atoms. The van der Waals surface area contributed by atoms with Crippen molar-refractivity contribution in [2.75, 3.05) is 0 Å². The molecule has 144 valence electrons. The van der Waals surface area contributed by atoms with Gasteiger partial charge in [0.05, 0.1) is 11.4 Å². The molecule has 3 rings (SSSR count). The Morgan fingerprint density at radius 3 is 2.31 bits per heavy atom. The molecule has 3 aromatic rings. The Hall–Kier alpha value is -3.86. The van der Waals surface area contributed by atoms with E-state index in [0.717, 1.165) is 5.56 Å². The third-order valence-corrected chi connectivity index (χ3v) is 4.12. The summed E-state index contributed by atoms with van der Waals surface area (Å²) in [5.41, 5.74) is 3.36. The van der Waals surface area contributed by atoms with Crippen molar-refractivity contribution in [1.82, 2.24) is 0 Å². The van der Waals surface area contributed by atoms with Gasteiger partial charge in [-0.1, -0.05) is 67.2 Å². The highest BCUT2D eigenvalue weighted by Gasteiger charge is 2.09. The van der Waals surface area contributed by atoms with Crippen molar-refractivity contribution in [3.8, 4) is 0 Å². The van der Waals surface area contributed by atoms with Gasteiger partial charge >= 0.3 is 5.97 Å². The summed E-state index contributed by atoms with van der Waals surface area (Å²) in [4.78, 5) is 24.2. The standard InChI is InChI=1S/C24H20N2O3/c1-17(2)24(28)29-16-20-11-6-7-14-22(20)26-25-21-13-8-12-19(15-21)23(27)18-9-4-3-5-10-18/h3-15H,1,16H2,2H3. The van der Waals surface area contributed by atoms with E-state index in [2.05, 4.69) is 16.8 Å². The molecular formula is C24H20N2O3. The van der Waals surface area contributed by atoms with Crippen LogP contribution < -0.4 is 0 Å². The van der Waals surface area contributed by atoms with Crippen molar-refractivity contribution in [2.45, 2.75) is 13.5 Å². The maximum Gasteiger partial charge on any atom is 0.333 e. The van der Waals surface area contributed by atoms with Crippen molar-refractivity contribution >= 4 is 23.1 Å². The molecule has 0 saturated heterocycles. The Morgan fingerprint density at radius 2 is 1.55 bits per heavy atom. The molecule has 0 amide bonds. The van der Waals surface area contributed by atoms with Crippen LogP contribution in [-0.4, -0.2) is 11.8 Å². The van der Waals surface area contributed by atoms with Gasteiger partial charge in [-0.2, -0.15) is 10.2 Å². The number of nitrogens with zero attached hydrogens (tertiary/aromatic N) is 2. The highest BCUT2D eigenvalue weighted by Crippen LogP contribution is 2.24. The summed E-state index contributed by atoms with van der Waals surface area (Å²) < 4.78 is 5.20. The van der Waals surface area contributed by atoms with Crippen LogP contribution in [0.3, 0.4) is 0 Å². The van der Waals surface area contributed by atoms with Crippen LogP contribution in [0.1, 0.15) is 28.4 Å². The van der Waals surface area contributed by atoms with Gasteiger partial charge in [0.15, 0.2) is 5.78 Å². The highest BCUT2D eigenvalue weighted by atomic mass is 16.5. The van der Waals surface area contributed by atoms with Crippen LogP contribution in [0.4, 0.5) is 11.4 Å². The van der Waals surface area contributed by atoms with Crippen molar-refractivity contribution in [2.24, 2.45) is 10.2 Å². The number of azo groups is 1. The van der Waals surface area contributed by atoms with Crippen molar-refractivity contribution < 1.29 is 14.3 Å². The molecule has 5 heteroatoms. The van der Waals surface area contributed by atoms with E-state index in [1.165, 1.54) is 0 Å². The Labute approximate surface area is 169 Å². The smallest absolute Gasteiger partial charge is 0.333 e.